The molecule has 3 N–H and O–H groups in total. The lowest BCUT2D eigenvalue weighted by Crippen LogP contribution is -2.23. The second-order valence-electron chi connectivity index (χ2n) is 3.93. The summed E-state index contributed by atoms with van der Waals surface area (Å²) in [5.41, 5.74) is 6.45. The van der Waals surface area contributed by atoms with E-state index in [9.17, 15) is 4.39 Å². The fourth-order valence-corrected chi connectivity index (χ4v) is 1.45. The van der Waals surface area contributed by atoms with Gasteiger partial charge in [0.05, 0.1) is 25.5 Å². The van der Waals surface area contributed by atoms with Gasteiger partial charge in [0, 0.05) is 13.1 Å². The molecule has 0 aliphatic carbocycles. The molecule has 0 atom stereocenters. The summed E-state index contributed by atoms with van der Waals surface area (Å²) in [6, 6.07) is 4.82. The molecule has 4 nitrogen and oxygen atoms in total. The molecule has 0 aromatic heterocycles. The van der Waals surface area contributed by atoms with Crippen LogP contribution in [0.25, 0.3) is 0 Å². The molecule has 1 rings (SSSR count). The van der Waals surface area contributed by atoms with E-state index in [4.69, 9.17) is 15.6 Å². The van der Waals surface area contributed by atoms with Gasteiger partial charge in [-0.2, -0.15) is 0 Å². The first-order chi connectivity index (χ1) is 8.13. The SMILES string of the molecule is CN(CCOCCO)Cc1ccc(N)c(F)c1. The minimum absolute atomic E-state index is 0.0346. The smallest absolute Gasteiger partial charge is 0.146 e. The normalized spacial score (nSPS) is 11.1. The van der Waals surface area contributed by atoms with E-state index in [1.165, 1.54) is 6.07 Å². The van der Waals surface area contributed by atoms with Gasteiger partial charge in [0.25, 0.3) is 0 Å². The Morgan fingerprint density at radius 3 is 2.82 bits per heavy atom. The lowest BCUT2D eigenvalue weighted by Gasteiger charge is -2.16. The number of hydrogen-bond acceptors (Lipinski definition) is 4. The van der Waals surface area contributed by atoms with E-state index >= 15 is 0 Å². The third-order valence-corrected chi connectivity index (χ3v) is 2.37. The lowest BCUT2D eigenvalue weighted by atomic mass is 10.2. The van der Waals surface area contributed by atoms with Crippen LogP contribution in [0.5, 0.6) is 0 Å². The largest absolute Gasteiger partial charge is 0.396 e. The quantitative estimate of drug-likeness (QED) is 0.549. The summed E-state index contributed by atoms with van der Waals surface area (Å²) in [5.74, 6) is -0.382. The summed E-state index contributed by atoms with van der Waals surface area (Å²) in [5, 5.41) is 8.53. The van der Waals surface area contributed by atoms with Crippen molar-refractivity contribution in [2.24, 2.45) is 0 Å². The van der Waals surface area contributed by atoms with Gasteiger partial charge >= 0.3 is 0 Å². The summed E-state index contributed by atoms with van der Waals surface area (Å²) in [6.45, 7) is 2.30. The van der Waals surface area contributed by atoms with Crippen molar-refractivity contribution in [3.63, 3.8) is 0 Å². The molecule has 0 spiro atoms. The van der Waals surface area contributed by atoms with Gasteiger partial charge in [0.15, 0.2) is 0 Å². The Morgan fingerprint density at radius 1 is 1.41 bits per heavy atom. The maximum Gasteiger partial charge on any atom is 0.146 e. The molecule has 0 amide bonds. The van der Waals surface area contributed by atoms with Crippen LogP contribution in [-0.2, 0) is 11.3 Å². The van der Waals surface area contributed by atoms with Crippen LogP contribution in [0.3, 0.4) is 0 Å². The number of nitrogens with zero attached hydrogens (tertiary/aromatic N) is 1. The molecule has 1 aromatic carbocycles. The molecule has 0 aliphatic heterocycles. The van der Waals surface area contributed by atoms with Crippen molar-refractivity contribution in [2.75, 3.05) is 39.1 Å². The molecular weight excluding hydrogens is 223 g/mol. The highest BCUT2D eigenvalue weighted by molar-refractivity contribution is 5.41. The number of anilines is 1. The number of hydrogen-bond donors (Lipinski definition) is 2. The highest BCUT2D eigenvalue weighted by atomic mass is 19.1. The predicted molar refractivity (Wildman–Crippen MR) is 65.1 cm³/mol. The maximum atomic E-state index is 13.2. The number of halogens is 1. The second kappa shape index (κ2) is 7.21. The molecule has 0 aliphatic rings. The molecule has 0 bridgehead atoms. The van der Waals surface area contributed by atoms with Crippen LogP contribution in [-0.4, -0.2) is 43.4 Å². The van der Waals surface area contributed by atoms with E-state index in [0.29, 0.717) is 19.8 Å². The standard InChI is InChI=1S/C12H19FN2O2/c1-15(4-6-17-7-5-16)9-10-2-3-12(14)11(13)8-10/h2-3,8,16H,4-7,9,14H2,1H3. The third-order valence-electron chi connectivity index (χ3n) is 2.37. The Morgan fingerprint density at radius 2 is 2.18 bits per heavy atom. The first kappa shape index (κ1) is 13.9. The monoisotopic (exact) mass is 242 g/mol. The van der Waals surface area contributed by atoms with Crippen molar-refractivity contribution in [3.05, 3.63) is 29.6 Å². The number of nitrogens with two attached hydrogens (primary N) is 1. The highest BCUT2D eigenvalue weighted by Gasteiger charge is 2.03. The highest BCUT2D eigenvalue weighted by Crippen LogP contribution is 2.13. The molecule has 0 radical (unpaired) electrons. The number of rotatable bonds is 7. The zero-order valence-electron chi connectivity index (χ0n) is 10.0. The molecule has 0 fully saturated rings. The van der Waals surface area contributed by atoms with Gasteiger partial charge in [0.1, 0.15) is 5.82 Å². The van der Waals surface area contributed by atoms with Crippen molar-refractivity contribution >= 4 is 5.69 Å². The van der Waals surface area contributed by atoms with E-state index in [-0.39, 0.29) is 18.1 Å². The lowest BCUT2D eigenvalue weighted by molar-refractivity contribution is 0.0773. The van der Waals surface area contributed by atoms with Gasteiger partial charge in [-0.3, -0.25) is 4.90 Å². The summed E-state index contributed by atoms with van der Waals surface area (Å²) in [4.78, 5) is 2.02. The topological polar surface area (TPSA) is 58.7 Å². The maximum absolute atomic E-state index is 13.2. The van der Waals surface area contributed by atoms with Crippen molar-refractivity contribution in [1.29, 1.82) is 0 Å². The van der Waals surface area contributed by atoms with Gasteiger partial charge in [-0.05, 0) is 24.7 Å². The van der Waals surface area contributed by atoms with Crippen LogP contribution < -0.4 is 5.73 Å². The second-order valence-corrected chi connectivity index (χ2v) is 3.93. The van der Waals surface area contributed by atoms with Crippen LogP contribution in [0, 0.1) is 5.82 Å². The van der Waals surface area contributed by atoms with Crippen molar-refractivity contribution in [3.8, 4) is 0 Å². The predicted octanol–water partition coefficient (Wildman–Crippen LogP) is 0.849. The molecule has 1 aromatic rings. The van der Waals surface area contributed by atoms with Gasteiger partial charge in [-0.25, -0.2) is 4.39 Å². The summed E-state index contributed by atoms with van der Waals surface area (Å²) >= 11 is 0. The molecule has 17 heavy (non-hydrogen) atoms. The van der Waals surface area contributed by atoms with Crippen LogP contribution in [0.1, 0.15) is 5.56 Å². The third kappa shape index (κ3) is 5.12. The molecule has 0 saturated heterocycles. The molecule has 5 heteroatoms. The van der Waals surface area contributed by atoms with Crippen LogP contribution >= 0.6 is 0 Å². The number of aliphatic hydroxyl groups is 1. The van der Waals surface area contributed by atoms with Crippen molar-refractivity contribution in [1.82, 2.24) is 4.90 Å². The average Bonchev–Trinajstić information content (AvgIpc) is 2.30. The number of nitrogen functional groups attached to an aromatic ring is 1. The van der Waals surface area contributed by atoms with Gasteiger partial charge in [-0.1, -0.05) is 6.07 Å². The summed E-state index contributed by atoms with van der Waals surface area (Å²) in [7, 11) is 1.93. The van der Waals surface area contributed by atoms with Crippen LogP contribution in [0.4, 0.5) is 10.1 Å². The zero-order chi connectivity index (χ0) is 12.7. The number of aliphatic hydroxyl groups excluding tert-OH is 1. The molecule has 0 saturated carbocycles. The van der Waals surface area contributed by atoms with Crippen molar-refractivity contribution in [2.45, 2.75) is 6.54 Å². The van der Waals surface area contributed by atoms with Crippen LogP contribution in [0.2, 0.25) is 0 Å². The zero-order valence-corrected chi connectivity index (χ0v) is 10.0. The van der Waals surface area contributed by atoms with Gasteiger partial charge in [-0.15, -0.1) is 0 Å². The van der Waals surface area contributed by atoms with E-state index in [1.54, 1.807) is 6.07 Å². The van der Waals surface area contributed by atoms with E-state index in [0.717, 1.165) is 12.1 Å². The van der Waals surface area contributed by atoms with Gasteiger partial charge in [0.2, 0.25) is 0 Å². The van der Waals surface area contributed by atoms with E-state index in [2.05, 4.69) is 0 Å². The number of likely N-dealkylation sites (N-methyl/N-ethyl adjacent to an activating group) is 1. The summed E-state index contributed by atoms with van der Waals surface area (Å²) in [6.07, 6.45) is 0. The average molecular weight is 242 g/mol. The van der Waals surface area contributed by atoms with Gasteiger partial charge < -0.3 is 15.6 Å². The Hall–Kier alpha value is -1.17. The fourth-order valence-electron chi connectivity index (χ4n) is 1.45. The number of benzene rings is 1. The minimum atomic E-state index is -0.382. The number of ether oxygens (including phenoxy) is 1. The minimum Gasteiger partial charge on any atom is -0.396 e. The molecule has 0 heterocycles. The van der Waals surface area contributed by atoms with E-state index < -0.39 is 0 Å². The Kier molecular flexibility index (Phi) is 5.90. The fraction of sp³-hybridized carbons (Fsp3) is 0.500. The molecule has 96 valence electrons. The summed E-state index contributed by atoms with van der Waals surface area (Å²) < 4.78 is 18.3. The Balaban J connectivity index is 2.34. The van der Waals surface area contributed by atoms with Crippen molar-refractivity contribution < 1.29 is 14.2 Å². The first-order valence-corrected chi connectivity index (χ1v) is 5.54. The first-order valence-electron chi connectivity index (χ1n) is 5.54. The Labute approximate surface area is 101 Å². The van der Waals surface area contributed by atoms with Crippen LogP contribution in [0.15, 0.2) is 18.2 Å². The van der Waals surface area contributed by atoms with E-state index in [1.807, 2.05) is 18.0 Å². The Bertz CT molecular complexity index is 347. The molecular formula is C12H19FN2O2. The molecule has 0 unspecified atom stereocenters.